The first-order valence-electron chi connectivity index (χ1n) is 5.73. The van der Waals surface area contributed by atoms with Gasteiger partial charge in [-0.15, -0.1) is 0 Å². The number of rotatable bonds is 4. The van der Waals surface area contributed by atoms with Gasteiger partial charge in [0.1, 0.15) is 4.47 Å². The normalized spacial score (nSPS) is 10.3. The molecule has 5 nitrogen and oxygen atoms in total. The molecule has 1 aromatic carbocycles. The maximum atomic E-state index is 11.4. The van der Waals surface area contributed by atoms with Crippen LogP contribution in [0.15, 0.2) is 33.8 Å². The van der Waals surface area contributed by atoms with Crippen LogP contribution in [0.1, 0.15) is 12.5 Å². The minimum absolute atomic E-state index is 0.200. The van der Waals surface area contributed by atoms with Crippen molar-refractivity contribution in [3.63, 3.8) is 0 Å². The number of hydrogen-bond donors (Lipinski definition) is 1. The fourth-order valence-electron chi connectivity index (χ4n) is 1.56. The predicted molar refractivity (Wildman–Crippen MR) is 75.0 cm³/mol. The van der Waals surface area contributed by atoms with E-state index in [1.165, 1.54) is 6.33 Å². The summed E-state index contributed by atoms with van der Waals surface area (Å²) in [6.45, 7) is 2.06. The van der Waals surface area contributed by atoms with Gasteiger partial charge in [0.25, 0.3) is 5.56 Å². The third-order valence-electron chi connectivity index (χ3n) is 2.61. The summed E-state index contributed by atoms with van der Waals surface area (Å²) in [4.78, 5) is 17.9. The largest absolute Gasteiger partial charge is 0.493 e. The molecule has 19 heavy (non-hydrogen) atoms. The number of benzene rings is 1. The highest BCUT2D eigenvalue weighted by Crippen LogP contribution is 2.33. The zero-order valence-electron chi connectivity index (χ0n) is 10.6. The molecule has 0 spiro atoms. The molecule has 2 rings (SSSR count). The van der Waals surface area contributed by atoms with Gasteiger partial charge in [-0.1, -0.05) is 13.0 Å². The molecular formula is C13H13BrN2O3. The van der Waals surface area contributed by atoms with Crippen LogP contribution in [0.5, 0.6) is 17.4 Å². The number of nitrogens with zero attached hydrogens (tertiary/aromatic N) is 1. The van der Waals surface area contributed by atoms with E-state index >= 15 is 0 Å². The fourth-order valence-corrected chi connectivity index (χ4v) is 1.86. The molecule has 0 saturated heterocycles. The number of aromatic amines is 1. The third kappa shape index (κ3) is 2.96. The molecule has 1 heterocycles. The molecule has 6 heteroatoms. The maximum Gasteiger partial charge on any atom is 0.268 e. The lowest BCUT2D eigenvalue weighted by molar-refractivity contribution is 0.372. The Morgan fingerprint density at radius 1 is 1.37 bits per heavy atom. The van der Waals surface area contributed by atoms with Crippen LogP contribution in [-0.4, -0.2) is 17.1 Å². The molecule has 0 amide bonds. The summed E-state index contributed by atoms with van der Waals surface area (Å²) in [6, 6.07) is 5.64. The van der Waals surface area contributed by atoms with Crippen LogP contribution >= 0.6 is 15.9 Å². The summed E-state index contributed by atoms with van der Waals surface area (Å²) in [7, 11) is 1.57. The van der Waals surface area contributed by atoms with Gasteiger partial charge < -0.3 is 14.5 Å². The van der Waals surface area contributed by atoms with Gasteiger partial charge in [0.15, 0.2) is 11.5 Å². The highest BCUT2D eigenvalue weighted by molar-refractivity contribution is 9.10. The van der Waals surface area contributed by atoms with E-state index in [0.717, 1.165) is 12.0 Å². The van der Waals surface area contributed by atoms with Crippen molar-refractivity contribution < 1.29 is 9.47 Å². The predicted octanol–water partition coefficient (Wildman–Crippen LogP) is 2.90. The van der Waals surface area contributed by atoms with Crippen LogP contribution in [0.4, 0.5) is 0 Å². The minimum atomic E-state index is -0.297. The van der Waals surface area contributed by atoms with Crippen LogP contribution in [0.25, 0.3) is 0 Å². The number of aryl methyl sites for hydroxylation is 1. The van der Waals surface area contributed by atoms with Crippen LogP contribution < -0.4 is 15.0 Å². The van der Waals surface area contributed by atoms with E-state index in [-0.39, 0.29) is 15.9 Å². The lowest BCUT2D eigenvalue weighted by Crippen LogP contribution is -2.08. The standard InChI is InChI=1S/C13H13BrN2O3/c1-3-8-4-5-9(10(6-8)18-2)19-13-11(14)12(17)15-7-16-13/h4-7H,3H2,1-2H3,(H,15,16,17). The first-order chi connectivity index (χ1) is 9.15. The molecule has 1 aromatic heterocycles. The van der Waals surface area contributed by atoms with E-state index in [2.05, 4.69) is 32.8 Å². The second kappa shape index (κ2) is 5.88. The van der Waals surface area contributed by atoms with Gasteiger partial charge in [-0.25, -0.2) is 4.98 Å². The Morgan fingerprint density at radius 2 is 2.16 bits per heavy atom. The molecule has 0 saturated carbocycles. The molecule has 0 aliphatic carbocycles. The summed E-state index contributed by atoms with van der Waals surface area (Å²) in [5.74, 6) is 1.32. The molecule has 0 fully saturated rings. The van der Waals surface area contributed by atoms with Crippen LogP contribution in [0.2, 0.25) is 0 Å². The third-order valence-corrected chi connectivity index (χ3v) is 3.31. The average Bonchev–Trinajstić information content (AvgIpc) is 2.44. The number of hydrogen-bond acceptors (Lipinski definition) is 4. The number of methoxy groups -OCH3 is 1. The molecule has 0 unspecified atom stereocenters. The molecular weight excluding hydrogens is 312 g/mol. The van der Waals surface area contributed by atoms with Gasteiger partial charge >= 0.3 is 0 Å². The molecule has 0 aliphatic heterocycles. The van der Waals surface area contributed by atoms with E-state index in [1.54, 1.807) is 13.2 Å². The second-order valence-corrected chi connectivity index (χ2v) is 4.58. The Kier molecular flexibility index (Phi) is 4.21. The van der Waals surface area contributed by atoms with Gasteiger partial charge in [0.2, 0.25) is 5.88 Å². The van der Waals surface area contributed by atoms with Crippen molar-refractivity contribution in [2.45, 2.75) is 13.3 Å². The Bertz CT molecular complexity index is 640. The van der Waals surface area contributed by atoms with Crippen LogP contribution in [0, 0.1) is 0 Å². The Morgan fingerprint density at radius 3 is 2.84 bits per heavy atom. The van der Waals surface area contributed by atoms with E-state index in [0.29, 0.717) is 11.5 Å². The lowest BCUT2D eigenvalue weighted by Gasteiger charge is -2.11. The number of ether oxygens (including phenoxy) is 2. The van der Waals surface area contributed by atoms with Crippen molar-refractivity contribution >= 4 is 15.9 Å². The summed E-state index contributed by atoms with van der Waals surface area (Å²) in [6.07, 6.45) is 2.19. The van der Waals surface area contributed by atoms with Crippen molar-refractivity contribution in [3.8, 4) is 17.4 Å². The molecule has 0 atom stereocenters. The van der Waals surface area contributed by atoms with Crippen LogP contribution in [0.3, 0.4) is 0 Å². The van der Waals surface area contributed by atoms with Crippen molar-refractivity contribution in [3.05, 3.63) is 44.9 Å². The number of nitrogens with one attached hydrogen (secondary N) is 1. The highest BCUT2D eigenvalue weighted by Gasteiger charge is 2.11. The molecule has 0 radical (unpaired) electrons. The quantitative estimate of drug-likeness (QED) is 0.939. The summed E-state index contributed by atoms with van der Waals surface area (Å²) in [5, 5.41) is 0. The molecule has 0 bridgehead atoms. The SMILES string of the molecule is CCc1ccc(Oc2nc[nH]c(=O)c2Br)c(OC)c1. The average molecular weight is 325 g/mol. The van der Waals surface area contributed by atoms with Gasteiger partial charge in [-0.3, -0.25) is 4.79 Å². The van der Waals surface area contributed by atoms with E-state index in [1.807, 2.05) is 12.1 Å². The summed E-state index contributed by atoms with van der Waals surface area (Å²) >= 11 is 3.14. The lowest BCUT2D eigenvalue weighted by atomic mass is 10.1. The van der Waals surface area contributed by atoms with Crippen molar-refractivity contribution in [1.82, 2.24) is 9.97 Å². The number of H-pyrrole nitrogens is 1. The second-order valence-electron chi connectivity index (χ2n) is 3.79. The minimum Gasteiger partial charge on any atom is -0.493 e. The van der Waals surface area contributed by atoms with Gasteiger partial charge in [-0.2, -0.15) is 0 Å². The fraction of sp³-hybridized carbons (Fsp3) is 0.231. The smallest absolute Gasteiger partial charge is 0.268 e. The summed E-state index contributed by atoms with van der Waals surface area (Å²) < 4.78 is 11.1. The van der Waals surface area contributed by atoms with Crippen LogP contribution in [-0.2, 0) is 6.42 Å². The first-order valence-corrected chi connectivity index (χ1v) is 6.53. The first kappa shape index (κ1) is 13.6. The molecule has 1 N–H and O–H groups in total. The van der Waals surface area contributed by atoms with E-state index < -0.39 is 0 Å². The monoisotopic (exact) mass is 324 g/mol. The number of aromatic nitrogens is 2. The Labute approximate surface area is 118 Å². The van der Waals surface area contributed by atoms with E-state index in [9.17, 15) is 4.79 Å². The van der Waals surface area contributed by atoms with Gasteiger partial charge in [0, 0.05) is 0 Å². The highest BCUT2D eigenvalue weighted by atomic mass is 79.9. The van der Waals surface area contributed by atoms with Crippen molar-refractivity contribution in [1.29, 1.82) is 0 Å². The molecule has 100 valence electrons. The molecule has 2 aromatic rings. The topological polar surface area (TPSA) is 64.2 Å². The van der Waals surface area contributed by atoms with E-state index in [4.69, 9.17) is 9.47 Å². The van der Waals surface area contributed by atoms with Crippen molar-refractivity contribution in [2.24, 2.45) is 0 Å². The Balaban J connectivity index is 2.38. The van der Waals surface area contributed by atoms with Gasteiger partial charge in [-0.05, 0) is 40.0 Å². The zero-order valence-corrected chi connectivity index (χ0v) is 12.2. The van der Waals surface area contributed by atoms with Crippen molar-refractivity contribution in [2.75, 3.05) is 7.11 Å². The molecule has 0 aliphatic rings. The van der Waals surface area contributed by atoms with Gasteiger partial charge in [0.05, 0.1) is 13.4 Å². The Hall–Kier alpha value is -1.82. The summed E-state index contributed by atoms with van der Waals surface area (Å²) in [5.41, 5.74) is 0.844. The number of halogens is 1. The zero-order chi connectivity index (χ0) is 13.8. The maximum absolute atomic E-state index is 11.4.